The van der Waals surface area contributed by atoms with Crippen molar-refractivity contribution in [2.75, 3.05) is 5.73 Å². The fraction of sp³-hybridized carbons (Fsp3) is 0.143. The molecule has 0 unspecified atom stereocenters. The van der Waals surface area contributed by atoms with Crippen LogP contribution in [0.2, 0.25) is 5.02 Å². The van der Waals surface area contributed by atoms with Crippen LogP contribution in [0.5, 0.6) is 5.75 Å². The quantitative estimate of drug-likeness (QED) is 0.725. The monoisotopic (exact) mass is 211 g/mol. The average molecular weight is 212 g/mol. The van der Waals surface area contributed by atoms with E-state index in [1.165, 1.54) is 6.07 Å². The maximum Gasteiger partial charge on any atom is 0.573 e. The van der Waals surface area contributed by atoms with Crippen LogP contribution in [0, 0.1) is 0 Å². The van der Waals surface area contributed by atoms with Crippen molar-refractivity contribution < 1.29 is 17.9 Å². The summed E-state index contributed by atoms with van der Waals surface area (Å²) >= 11 is 5.45. The molecule has 0 saturated carbocycles. The van der Waals surface area contributed by atoms with Gasteiger partial charge in [0, 0.05) is 16.8 Å². The van der Waals surface area contributed by atoms with Crippen molar-refractivity contribution in [3.8, 4) is 5.75 Å². The van der Waals surface area contributed by atoms with Crippen molar-refractivity contribution in [3.63, 3.8) is 0 Å². The summed E-state index contributed by atoms with van der Waals surface area (Å²) in [7, 11) is 0. The van der Waals surface area contributed by atoms with Gasteiger partial charge < -0.3 is 10.5 Å². The smallest absolute Gasteiger partial charge is 0.406 e. The normalized spacial score (nSPS) is 11.4. The summed E-state index contributed by atoms with van der Waals surface area (Å²) in [5.74, 6) is -0.419. The number of ether oxygens (including phenoxy) is 1. The van der Waals surface area contributed by atoms with Gasteiger partial charge in [-0.1, -0.05) is 11.6 Å². The average Bonchev–Trinajstić information content (AvgIpc) is 1.78. The Hall–Kier alpha value is -1.10. The standard InChI is InChI=1S/C7H5ClF3NO/c8-4-1-5(12)3-6(2-4)13-7(9,10)11/h1-3H,12H2. The van der Waals surface area contributed by atoms with E-state index in [0.717, 1.165) is 12.1 Å². The van der Waals surface area contributed by atoms with Gasteiger partial charge >= 0.3 is 6.36 Å². The van der Waals surface area contributed by atoms with Crippen LogP contribution < -0.4 is 10.5 Å². The molecule has 0 amide bonds. The van der Waals surface area contributed by atoms with Crippen molar-refractivity contribution in [2.45, 2.75) is 6.36 Å². The summed E-state index contributed by atoms with van der Waals surface area (Å²) in [6.07, 6.45) is -4.73. The van der Waals surface area contributed by atoms with E-state index in [1.54, 1.807) is 0 Å². The van der Waals surface area contributed by atoms with Crippen molar-refractivity contribution in [2.24, 2.45) is 0 Å². The predicted octanol–water partition coefficient (Wildman–Crippen LogP) is 2.82. The predicted molar refractivity (Wildman–Crippen MR) is 42.5 cm³/mol. The molecule has 0 aromatic heterocycles. The Kier molecular flexibility index (Phi) is 2.56. The Morgan fingerprint density at radius 1 is 1.23 bits per heavy atom. The molecule has 1 aromatic rings. The number of benzene rings is 1. The highest BCUT2D eigenvalue weighted by molar-refractivity contribution is 6.31. The van der Waals surface area contributed by atoms with Crippen LogP contribution in [0.4, 0.5) is 18.9 Å². The molecular formula is C7H5ClF3NO. The van der Waals surface area contributed by atoms with Gasteiger partial charge in [0.1, 0.15) is 5.75 Å². The second kappa shape index (κ2) is 3.33. The molecule has 0 saturated heterocycles. The van der Waals surface area contributed by atoms with Crippen LogP contribution >= 0.6 is 11.6 Å². The first kappa shape index (κ1) is 9.98. The van der Waals surface area contributed by atoms with E-state index >= 15 is 0 Å². The molecule has 0 atom stereocenters. The van der Waals surface area contributed by atoms with E-state index < -0.39 is 12.1 Å². The minimum Gasteiger partial charge on any atom is -0.406 e. The zero-order valence-corrected chi connectivity index (χ0v) is 6.99. The molecule has 6 heteroatoms. The zero-order valence-electron chi connectivity index (χ0n) is 6.23. The second-order valence-electron chi connectivity index (χ2n) is 2.27. The molecule has 0 aliphatic heterocycles. The molecule has 0 bridgehead atoms. The molecule has 0 spiro atoms. The van der Waals surface area contributed by atoms with Gasteiger partial charge in [-0.15, -0.1) is 13.2 Å². The molecule has 0 fully saturated rings. The van der Waals surface area contributed by atoms with Gasteiger partial charge in [-0.25, -0.2) is 0 Å². The summed E-state index contributed by atoms with van der Waals surface area (Å²) in [5, 5.41) is 0.0965. The maximum absolute atomic E-state index is 11.7. The molecule has 0 heterocycles. The van der Waals surface area contributed by atoms with E-state index in [0.29, 0.717) is 0 Å². The fourth-order valence-corrected chi connectivity index (χ4v) is 1.01. The Labute approximate surface area is 77.0 Å². The highest BCUT2D eigenvalue weighted by Gasteiger charge is 2.31. The lowest BCUT2D eigenvalue weighted by molar-refractivity contribution is -0.274. The van der Waals surface area contributed by atoms with Crippen LogP contribution in [0.1, 0.15) is 0 Å². The molecule has 2 nitrogen and oxygen atoms in total. The maximum atomic E-state index is 11.7. The van der Waals surface area contributed by atoms with Gasteiger partial charge in [-0.3, -0.25) is 0 Å². The van der Waals surface area contributed by atoms with Gasteiger partial charge in [0.15, 0.2) is 0 Å². The minimum absolute atomic E-state index is 0.0965. The number of hydrogen-bond acceptors (Lipinski definition) is 2. The third-order valence-corrected chi connectivity index (χ3v) is 1.35. The second-order valence-corrected chi connectivity index (χ2v) is 2.70. The van der Waals surface area contributed by atoms with E-state index in [-0.39, 0.29) is 10.7 Å². The molecule has 0 aliphatic carbocycles. The van der Waals surface area contributed by atoms with Crippen LogP contribution in [0.15, 0.2) is 18.2 Å². The molecule has 0 aliphatic rings. The number of rotatable bonds is 1. The fourth-order valence-electron chi connectivity index (χ4n) is 0.777. The molecule has 13 heavy (non-hydrogen) atoms. The van der Waals surface area contributed by atoms with Gasteiger partial charge in [-0.05, 0) is 12.1 Å². The van der Waals surface area contributed by atoms with Gasteiger partial charge in [0.2, 0.25) is 0 Å². The highest BCUT2D eigenvalue weighted by atomic mass is 35.5. The molecule has 0 radical (unpaired) electrons. The first-order chi connectivity index (χ1) is 5.87. The number of alkyl halides is 3. The molecule has 1 aromatic carbocycles. The summed E-state index contributed by atoms with van der Waals surface area (Å²) in [5.41, 5.74) is 5.36. The Bertz CT molecular complexity index is 293. The third kappa shape index (κ3) is 3.42. The topological polar surface area (TPSA) is 35.2 Å². The Morgan fingerprint density at radius 2 is 1.85 bits per heavy atom. The van der Waals surface area contributed by atoms with Crippen LogP contribution in [-0.4, -0.2) is 6.36 Å². The Balaban J connectivity index is 2.90. The van der Waals surface area contributed by atoms with Gasteiger partial charge in [0.05, 0.1) is 0 Å². The highest BCUT2D eigenvalue weighted by Crippen LogP contribution is 2.27. The van der Waals surface area contributed by atoms with E-state index in [2.05, 4.69) is 4.74 Å². The number of halogens is 4. The summed E-state index contributed by atoms with van der Waals surface area (Å²) in [4.78, 5) is 0. The number of anilines is 1. The summed E-state index contributed by atoms with van der Waals surface area (Å²) < 4.78 is 38.7. The van der Waals surface area contributed by atoms with E-state index in [1.807, 2.05) is 0 Å². The Morgan fingerprint density at radius 3 is 2.31 bits per heavy atom. The summed E-state index contributed by atoms with van der Waals surface area (Å²) in [6, 6.07) is 3.40. The van der Waals surface area contributed by atoms with Crippen LogP contribution in [-0.2, 0) is 0 Å². The number of nitrogen functional groups attached to an aromatic ring is 1. The van der Waals surface area contributed by atoms with Crippen molar-refractivity contribution in [3.05, 3.63) is 23.2 Å². The number of hydrogen-bond donors (Lipinski definition) is 1. The van der Waals surface area contributed by atoms with Crippen molar-refractivity contribution in [1.29, 1.82) is 0 Å². The SMILES string of the molecule is Nc1cc(Cl)cc(OC(F)(F)F)c1. The van der Waals surface area contributed by atoms with Crippen molar-refractivity contribution >= 4 is 17.3 Å². The first-order valence-electron chi connectivity index (χ1n) is 3.18. The lowest BCUT2D eigenvalue weighted by Gasteiger charge is -2.09. The largest absolute Gasteiger partial charge is 0.573 e. The van der Waals surface area contributed by atoms with E-state index in [4.69, 9.17) is 17.3 Å². The van der Waals surface area contributed by atoms with Crippen molar-refractivity contribution in [1.82, 2.24) is 0 Å². The molecular weight excluding hydrogens is 207 g/mol. The lowest BCUT2D eigenvalue weighted by atomic mass is 10.3. The van der Waals surface area contributed by atoms with E-state index in [9.17, 15) is 13.2 Å². The molecule has 1 rings (SSSR count). The van der Waals surface area contributed by atoms with Crippen LogP contribution in [0.3, 0.4) is 0 Å². The zero-order chi connectivity index (χ0) is 10.1. The minimum atomic E-state index is -4.73. The van der Waals surface area contributed by atoms with Gasteiger partial charge in [-0.2, -0.15) is 0 Å². The first-order valence-corrected chi connectivity index (χ1v) is 3.56. The third-order valence-electron chi connectivity index (χ3n) is 1.13. The summed E-state index contributed by atoms with van der Waals surface area (Å²) in [6.45, 7) is 0. The molecule has 72 valence electrons. The van der Waals surface area contributed by atoms with Gasteiger partial charge in [0.25, 0.3) is 0 Å². The number of nitrogens with two attached hydrogens (primary N) is 1. The molecule has 2 N–H and O–H groups in total. The van der Waals surface area contributed by atoms with Crippen LogP contribution in [0.25, 0.3) is 0 Å². The lowest BCUT2D eigenvalue weighted by Crippen LogP contribution is -2.17.